The van der Waals surface area contributed by atoms with E-state index in [4.69, 9.17) is 25.8 Å². The maximum atomic E-state index is 11.5. The van der Waals surface area contributed by atoms with E-state index in [1.807, 2.05) is 19.1 Å². The van der Waals surface area contributed by atoms with Crippen molar-refractivity contribution in [2.75, 3.05) is 6.61 Å². The summed E-state index contributed by atoms with van der Waals surface area (Å²) in [5, 5.41) is 0.759. The number of esters is 1. The van der Waals surface area contributed by atoms with E-state index in [0.717, 1.165) is 61.3 Å². The van der Waals surface area contributed by atoms with Crippen LogP contribution in [0.5, 0.6) is 0 Å². The predicted molar refractivity (Wildman–Crippen MR) is 140 cm³/mol. The minimum absolute atomic E-state index is 0.0353. The number of hydrogen-bond donors (Lipinski definition) is 0. The van der Waals surface area contributed by atoms with Gasteiger partial charge in [-0.1, -0.05) is 68.3 Å². The molecule has 0 amide bonds. The maximum Gasteiger partial charge on any atom is 0.302 e. The van der Waals surface area contributed by atoms with E-state index >= 15 is 0 Å². The molecule has 5 heteroatoms. The molecule has 0 N–H and O–H groups in total. The first-order valence-electron chi connectivity index (χ1n) is 13.1. The minimum atomic E-state index is -0.238. The lowest BCUT2D eigenvalue weighted by molar-refractivity contribution is -0.158. The normalized spacial score (nSPS) is 28.7. The molecule has 190 valence electrons. The van der Waals surface area contributed by atoms with Crippen molar-refractivity contribution in [3.05, 3.63) is 69.7 Å². The highest BCUT2D eigenvalue weighted by molar-refractivity contribution is 6.31. The Bertz CT molecular complexity index is 1000. The Labute approximate surface area is 215 Å². The molecule has 0 aromatic heterocycles. The highest BCUT2D eigenvalue weighted by Crippen LogP contribution is 2.41. The fourth-order valence-corrected chi connectivity index (χ4v) is 6.00. The maximum absolute atomic E-state index is 11.5. The molecule has 0 spiro atoms. The third kappa shape index (κ3) is 6.47. The first-order chi connectivity index (χ1) is 16.8. The molecule has 2 aromatic rings. The van der Waals surface area contributed by atoms with E-state index < -0.39 is 0 Å². The van der Waals surface area contributed by atoms with Gasteiger partial charge in [0, 0.05) is 30.7 Å². The fourth-order valence-electron chi connectivity index (χ4n) is 5.81. The second-order valence-corrected chi connectivity index (χ2v) is 10.8. The van der Waals surface area contributed by atoms with Gasteiger partial charge in [-0.25, -0.2) is 0 Å². The Kier molecular flexibility index (Phi) is 8.57. The molecule has 2 aromatic carbocycles. The van der Waals surface area contributed by atoms with Crippen molar-refractivity contribution in [1.29, 1.82) is 0 Å². The number of hydrogen-bond acceptors (Lipinski definition) is 4. The molecular weight excluding hydrogens is 460 g/mol. The lowest BCUT2D eigenvalue weighted by atomic mass is 9.85. The second kappa shape index (κ2) is 11.5. The molecule has 2 saturated heterocycles. The topological polar surface area (TPSA) is 44.8 Å². The number of ether oxygens (including phenoxy) is 3. The van der Waals surface area contributed by atoms with Gasteiger partial charge >= 0.3 is 5.97 Å². The summed E-state index contributed by atoms with van der Waals surface area (Å²) in [7, 11) is 0. The summed E-state index contributed by atoms with van der Waals surface area (Å²) in [6, 6.07) is 15.1. The van der Waals surface area contributed by atoms with Crippen LogP contribution in [0.4, 0.5) is 0 Å². The van der Waals surface area contributed by atoms with Gasteiger partial charge in [0.1, 0.15) is 6.10 Å². The van der Waals surface area contributed by atoms with Gasteiger partial charge in [-0.3, -0.25) is 4.79 Å². The van der Waals surface area contributed by atoms with Crippen molar-refractivity contribution < 1.29 is 19.0 Å². The second-order valence-electron chi connectivity index (χ2n) is 10.4. The lowest BCUT2D eigenvalue weighted by Crippen LogP contribution is -2.32. The third-order valence-electron chi connectivity index (χ3n) is 7.65. The van der Waals surface area contributed by atoms with Gasteiger partial charge in [-0.05, 0) is 60.9 Å². The van der Waals surface area contributed by atoms with E-state index in [0.29, 0.717) is 12.3 Å². The molecular formula is C30H39ClO4. The van der Waals surface area contributed by atoms with Crippen LogP contribution >= 0.6 is 11.6 Å². The first kappa shape index (κ1) is 26.2. The average molecular weight is 499 g/mol. The van der Waals surface area contributed by atoms with Gasteiger partial charge in [0.05, 0.1) is 24.4 Å². The van der Waals surface area contributed by atoms with Crippen LogP contribution in [0.25, 0.3) is 0 Å². The van der Waals surface area contributed by atoms with Crippen LogP contribution in [0.3, 0.4) is 0 Å². The first-order valence-corrected chi connectivity index (χ1v) is 13.5. The number of carbonyl (C=O) groups is 1. The molecule has 4 nitrogen and oxygen atoms in total. The van der Waals surface area contributed by atoms with Crippen LogP contribution < -0.4 is 0 Å². The number of carbonyl (C=O) groups excluding carboxylic acids is 1. The van der Waals surface area contributed by atoms with E-state index in [-0.39, 0.29) is 29.9 Å². The van der Waals surface area contributed by atoms with Crippen molar-refractivity contribution in [3.8, 4) is 0 Å². The smallest absolute Gasteiger partial charge is 0.302 e. The zero-order valence-electron chi connectivity index (χ0n) is 21.5. The van der Waals surface area contributed by atoms with Crippen molar-refractivity contribution in [1.82, 2.24) is 0 Å². The van der Waals surface area contributed by atoms with Crippen LogP contribution in [0.2, 0.25) is 5.02 Å². The van der Waals surface area contributed by atoms with E-state index in [1.165, 1.54) is 18.1 Å². The Morgan fingerprint density at radius 2 is 1.86 bits per heavy atom. The Morgan fingerprint density at radius 3 is 2.54 bits per heavy atom. The number of benzene rings is 2. The highest BCUT2D eigenvalue weighted by Gasteiger charge is 2.38. The highest BCUT2D eigenvalue weighted by atomic mass is 35.5. The predicted octanol–water partition coefficient (Wildman–Crippen LogP) is 7.56. The Balaban J connectivity index is 1.44. The summed E-state index contributed by atoms with van der Waals surface area (Å²) in [6.45, 7) is 8.79. The molecule has 5 unspecified atom stereocenters. The van der Waals surface area contributed by atoms with Crippen molar-refractivity contribution in [2.45, 2.75) is 102 Å². The Morgan fingerprint density at radius 1 is 1.11 bits per heavy atom. The van der Waals surface area contributed by atoms with Crippen LogP contribution in [0.15, 0.2) is 42.5 Å². The fraction of sp³-hybridized carbons (Fsp3) is 0.567. The van der Waals surface area contributed by atoms with Gasteiger partial charge in [-0.15, -0.1) is 0 Å². The molecule has 0 saturated carbocycles. The summed E-state index contributed by atoms with van der Waals surface area (Å²) in [5.41, 5.74) is 4.82. The summed E-state index contributed by atoms with van der Waals surface area (Å²) in [5.74, 6) is 0.232. The minimum Gasteiger partial charge on any atom is -0.462 e. The van der Waals surface area contributed by atoms with E-state index in [9.17, 15) is 4.79 Å². The van der Waals surface area contributed by atoms with Crippen molar-refractivity contribution in [2.24, 2.45) is 0 Å². The summed E-state index contributed by atoms with van der Waals surface area (Å²) < 4.78 is 18.0. The van der Waals surface area contributed by atoms with E-state index in [1.54, 1.807) is 0 Å². The third-order valence-corrected chi connectivity index (χ3v) is 8.02. The van der Waals surface area contributed by atoms with Gasteiger partial charge in [0.15, 0.2) is 0 Å². The van der Waals surface area contributed by atoms with Crippen LogP contribution in [0, 0.1) is 0 Å². The average Bonchev–Trinajstić information content (AvgIpc) is 3.25. The molecule has 4 rings (SSSR count). The monoisotopic (exact) mass is 498 g/mol. The quantitative estimate of drug-likeness (QED) is 0.352. The molecule has 0 bridgehead atoms. The molecule has 2 heterocycles. The van der Waals surface area contributed by atoms with Crippen LogP contribution in [-0.2, 0) is 25.4 Å². The van der Waals surface area contributed by atoms with Crippen molar-refractivity contribution in [3.63, 3.8) is 0 Å². The molecule has 0 radical (unpaired) electrons. The van der Waals surface area contributed by atoms with Gasteiger partial charge in [0.2, 0.25) is 0 Å². The summed E-state index contributed by atoms with van der Waals surface area (Å²) in [6.07, 6.45) is 6.46. The number of halogens is 1. The number of rotatable bonds is 8. The van der Waals surface area contributed by atoms with Gasteiger partial charge in [0.25, 0.3) is 0 Å². The van der Waals surface area contributed by atoms with Gasteiger partial charge < -0.3 is 14.2 Å². The molecule has 2 aliphatic heterocycles. The molecule has 35 heavy (non-hydrogen) atoms. The standard InChI is InChI=1S/C30H39ClO4/c1-5-13-30(6-2)18-26(19-33-30)23-9-7-22(8-10-23)15-25-16-24(11-12-28(25)31)29-17-27(35-21(4)32)14-20(3)34-29/h7-12,16,20,26-27,29H,5-6,13-15,17-19H2,1-4H3. The zero-order chi connectivity index (χ0) is 25.0. The summed E-state index contributed by atoms with van der Waals surface area (Å²) in [4.78, 5) is 11.5. The summed E-state index contributed by atoms with van der Waals surface area (Å²) >= 11 is 6.60. The largest absolute Gasteiger partial charge is 0.462 e. The molecule has 0 aliphatic carbocycles. The zero-order valence-corrected chi connectivity index (χ0v) is 22.3. The van der Waals surface area contributed by atoms with E-state index in [2.05, 4.69) is 44.2 Å². The van der Waals surface area contributed by atoms with Gasteiger partial charge in [-0.2, -0.15) is 0 Å². The Hall–Kier alpha value is -1.88. The van der Waals surface area contributed by atoms with Crippen LogP contribution in [0.1, 0.15) is 100 Å². The van der Waals surface area contributed by atoms with Crippen molar-refractivity contribution >= 4 is 17.6 Å². The molecule has 2 aliphatic rings. The molecule has 2 fully saturated rings. The molecule has 5 atom stereocenters. The SMILES string of the molecule is CCCC1(CC)CC(c2ccc(Cc3cc(C4CC(OC(C)=O)CC(C)O4)ccc3Cl)cc2)CO1. The van der Waals surface area contributed by atoms with Crippen LogP contribution in [-0.4, -0.2) is 30.4 Å². The lowest BCUT2D eigenvalue weighted by Gasteiger charge is -2.33.